The summed E-state index contributed by atoms with van der Waals surface area (Å²) in [6.07, 6.45) is -1.38. The molecule has 1 fully saturated rings. The van der Waals surface area contributed by atoms with Crippen LogP contribution >= 0.6 is 0 Å². The van der Waals surface area contributed by atoms with E-state index in [1.165, 1.54) is 17.0 Å². The van der Waals surface area contributed by atoms with Crippen LogP contribution < -0.4 is 0 Å². The largest absolute Gasteiger partial charge is 0.388 e. The van der Waals surface area contributed by atoms with Gasteiger partial charge < -0.3 is 14.7 Å². The van der Waals surface area contributed by atoms with Gasteiger partial charge in [0.15, 0.2) is 11.6 Å². The number of β-amino-alcohol motifs (C(OH)–C–C–N with tert-alkyl or cyclic N) is 1. The highest BCUT2D eigenvalue weighted by molar-refractivity contribution is 5.79. The van der Waals surface area contributed by atoms with E-state index in [-0.39, 0.29) is 31.0 Å². The van der Waals surface area contributed by atoms with Crippen molar-refractivity contribution in [2.75, 3.05) is 19.7 Å². The first-order valence-corrected chi connectivity index (χ1v) is 6.53. The molecule has 0 aliphatic carbocycles. The minimum atomic E-state index is -0.998. The van der Waals surface area contributed by atoms with Crippen molar-refractivity contribution in [3.63, 3.8) is 0 Å². The lowest BCUT2D eigenvalue weighted by atomic mass is 10.1. The lowest BCUT2D eigenvalue weighted by Crippen LogP contribution is -2.31. The third kappa shape index (κ3) is 3.13. The van der Waals surface area contributed by atoms with Crippen LogP contribution in [0.15, 0.2) is 18.2 Å². The minimum absolute atomic E-state index is 0.0179. The second-order valence-corrected chi connectivity index (χ2v) is 4.75. The summed E-state index contributed by atoms with van der Waals surface area (Å²) in [5.74, 6) is -2.32. The second-order valence-electron chi connectivity index (χ2n) is 4.75. The summed E-state index contributed by atoms with van der Waals surface area (Å²) in [4.78, 5) is 13.5. The highest BCUT2D eigenvalue weighted by Crippen LogP contribution is 2.17. The lowest BCUT2D eigenvalue weighted by molar-refractivity contribution is -0.130. The molecule has 6 heteroatoms. The van der Waals surface area contributed by atoms with Crippen molar-refractivity contribution in [2.24, 2.45) is 0 Å². The van der Waals surface area contributed by atoms with Gasteiger partial charge in [0.1, 0.15) is 6.10 Å². The molecule has 0 aromatic heterocycles. The van der Waals surface area contributed by atoms with Gasteiger partial charge in [-0.15, -0.1) is 0 Å². The molecule has 1 amide bonds. The molecular weight excluding hydrogens is 268 g/mol. The summed E-state index contributed by atoms with van der Waals surface area (Å²) in [7, 11) is 0. The molecule has 0 bridgehead atoms. The van der Waals surface area contributed by atoms with Crippen LogP contribution in [0.1, 0.15) is 12.5 Å². The van der Waals surface area contributed by atoms with Crippen molar-refractivity contribution in [3.8, 4) is 0 Å². The van der Waals surface area contributed by atoms with Crippen LogP contribution in [0.5, 0.6) is 0 Å². The predicted octanol–water partition coefficient (Wildman–Crippen LogP) is 1.12. The number of likely N-dealkylation sites (tertiary alicyclic amines) is 1. The van der Waals surface area contributed by atoms with Crippen LogP contribution in [0.2, 0.25) is 0 Å². The van der Waals surface area contributed by atoms with Crippen molar-refractivity contribution in [1.82, 2.24) is 4.90 Å². The standard InChI is InChI=1S/C14H17F2NO3/c1-2-20-12-8-17(7-11(12)18)13(19)6-9-4-3-5-10(15)14(9)16/h3-5,11-12,18H,2,6-8H2,1H3/t11-,12-/m1/s1. The minimum Gasteiger partial charge on any atom is -0.388 e. The number of nitrogens with zero attached hydrogens (tertiary/aromatic N) is 1. The Morgan fingerprint density at radius 1 is 1.45 bits per heavy atom. The maximum atomic E-state index is 13.5. The van der Waals surface area contributed by atoms with Crippen LogP contribution in [0, 0.1) is 11.6 Å². The van der Waals surface area contributed by atoms with Crippen LogP contribution in [0.25, 0.3) is 0 Å². The number of aliphatic hydroxyl groups excluding tert-OH is 1. The van der Waals surface area contributed by atoms with E-state index < -0.39 is 23.8 Å². The fourth-order valence-corrected chi connectivity index (χ4v) is 2.30. The van der Waals surface area contributed by atoms with Gasteiger partial charge in [-0.1, -0.05) is 12.1 Å². The monoisotopic (exact) mass is 285 g/mol. The van der Waals surface area contributed by atoms with E-state index >= 15 is 0 Å². The number of benzene rings is 1. The smallest absolute Gasteiger partial charge is 0.227 e. The van der Waals surface area contributed by atoms with Gasteiger partial charge in [0.2, 0.25) is 5.91 Å². The van der Waals surface area contributed by atoms with E-state index in [1.807, 2.05) is 0 Å². The Morgan fingerprint density at radius 2 is 2.20 bits per heavy atom. The summed E-state index contributed by atoms with van der Waals surface area (Å²) < 4.78 is 31.9. The molecule has 4 nitrogen and oxygen atoms in total. The van der Waals surface area contributed by atoms with Crippen LogP contribution in [0.3, 0.4) is 0 Å². The van der Waals surface area contributed by atoms with Gasteiger partial charge in [0.25, 0.3) is 0 Å². The lowest BCUT2D eigenvalue weighted by Gasteiger charge is -2.16. The first-order chi connectivity index (χ1) is 9.52. The maximum absolute atomic E-state index is 13.5. The molecule has 1 aromatic carbocycles. The number of hydrogen-bond donors (Lipinski definition) is 1. The van der Waals surface area contributed by atoms with Gasteiger partial charge in [-0.05, 0) is 13.0 Å². The molecule has 1 N–H and O–H groups in total. The zero-order valence-electron chi connectivity index (χ0n) is 11.2. The fourth-order valence-electron chi connectivity index (χ4n) is 2.30. The Bertz CT molecular complexity index is 495. The Balaban J connectivity index is 2.01. The number of ether oxygens (including phenoxy) is 1. The van der Waals surface area contributed by atoms with Gasteiger partial charge >= 0.3 is 0 Å². The van der Waals surface area contributed by atoms with Crippen molar-refractivity contribution in [3.05, 3.63) is 35.4 Å². The summed E-state index contributed by atoms with van der Waals surface area (Å²) in [6.45, 7) is 2.67. The van der Waals surface area contributed by atoms with Gasteiger partial charge in [-0.3, -0.25) is 4.79 Å². The van der Waals surface area contributed by atoms with Gasteiger partial charge in [-0.25, -0.2) is 8.78 Å². The molecule has 1 aliphatic heterocycles. The van der Waals surface area contributed by atoms with Crippen LogP contribution in [0.4, 0.5) is 8.78 Å². The summed E-state index contributed by atoms with van der Waals surface area (Å²) >= 11 is 0. The summed E-state index contributed by atoms with van der Waals surface area (Å²) in [5.41, 5.74) is 0.0179. The van der Waals surface area contributed by atoms with Crippen LogP contribution in [-0.2, 0) is 16.0 Å². The Kier molecular flexibility index (Phi) is 4.67. The molecule has 20 heavy (non-hydrogen) atoms. The Hall–Kier alpha value is -1.53. The highest BCUT2D eigenvalue weighted by Gasteiger charge is 2.34. The molecule has 1 aromatic rings. The van der Waals surface area contributed by atoms with Gasteiger partial charge in [-0.2, -0.15) is 0 Å². The number of halogens is 2. The number of carbonyl (C=O) groups excluding carboxylic acids is 1. The average Bonchev–Trinajstić information content (AvgIpc) is 2.77. The molecule has 2 rings (SSSR count). The topological polar surface area (TPSA) is 49.8 Å². The van der Waals surface area contributed by atoms with E-state index in [9.17, 15) is 18.7 Å². The summed E-state index contributed by atoms with van der Waals surface area (Å²) in [6, 6.07) is 3.75. The first kappa shape index (κ1) is 14.9. The molecule has 2 atom stereocenters. The normalized spacial score (nSPS) is 22.3. The molecule has 110 valence electrons. The highest BCUT2D eigenvalue weighted by atomic mass is 19.2. The van der Waals surface area contributed by atoms with E-state index in [0.717, 1.165) is 6.07 Å². The molecule has 0 radical (unpaired) electrons. The third-order valence-electron chi connectivity index (χ3n) is 3.34. The maximum Gasteiger partial charge on any atom is 0.227 e. The van der Waals surface area contributed by atoms with E-state index in [1.54, 1.807) is 6.92 Å². The molecule has 1 aliphatic rings. The van der Waals surface area contributed by atoms with Gasteiger partial charge in [0.05, 0.1) is 12.5 Å². The zero-order valence-corrected chi connectivity index (χ0v) is 11.2. The van der Waals surface area contributed by atoms with Crippen molar-refractivity contribution < 1.29 is 23.4 Å². The van der Waals surface area contributed by atoms with Gasteiger partial charge in [0, 0.05) is 25.3 Å². The molecule has 0 saturated carbocycles. The number of aliphatic hydroxyl groups is 1. The molecule has 0 unspecified atom stereocenters. The SMILES string of the molecule is CCO[C@@H]1CN(C(=O)Cc2cccc(F)c2F)C[C@H]1O. The quantitative estimate of drug-likeness (QED) is 0.902. The molecule has 1 saturated heterocycles. The Morgan fingerprint density at radius 3 is 2.90 bits per heavy atom. The Labute approximate surface area is 116 Å². The third-order valence-corrected chi connectivity index (χ3v) is 3.34. The summed E-state index contributed by atoms with van der Waals surface area (Å²) in [5, 5.41) is 9.75. The van der Waals surface area contributed by atoms with Crippen molar-refractivity contribution in [2.45, 2.75) is 25.6 Å². The number of hydrogen-bond acceptors (Lipinski definition) is 3. The number of carbonyl (C=O) groups is 1. The second kappa shape index (κ2) is 6.28. The van der Waals surface area contributed by atoms with Crippen molar-refractivity contribution >= 4 is 5.91 Å². The molecular formula is C14H17F2NO3. The average molecular weight is 285 g/mol. The molecule has 1 heterocycles. The number of amides is 1. The fraction of sp³-hybridized carbons (Fsp3) is 0.500. The van der Waals surface area contributed by atoms with Crippen LogP contribution in [-0.4, -0.2) is 47.8 Å². The first-order valence-electron chi connectivity index (χ1n) is 6.53. The van der Waals surface area contributed by atoms with E-state index in [0.29, 0.717) is 6.61 Å². The predicted molar refractivity (Wildman–Crippen MR) is 68.1 cm³/mol. The molecule has 0 spiro atoms. The van der Waals surface area contributed by atoms with Crippen molar-refractivity contribution in [1.29, 1.82) is 0 Å². The zero-order chi connectivity index (χ0) is 14.7. The number of rotatable bonds is 4. The van der Waals surface area contributed by atoms with E-state index in [2.05, 4.69) is 0 Å². The van der Waals surface area contributed by atoms with E-state index in [4.69, 9.17) is 4.74 Å².